The molecule has 119 heavy (non-hydrogen) atoms. The maximum atomic E-state index is 15.0. The number of carbonyl (C=O) groups excluding carboxylic acids is 7. The zero-order chi connectivity index (χ0) is 86.1. The summed E-state index contributed by atoms with van der Waals surface area (Å²) in [5, 5.41) is 3.15. The van der Waals surface area contributed by atoms with E-state index in [4.69, 9.17) is 4.74 Å². The van der Waals surface area contributed by atoms with E-state index in [-0.39, 0.29) is 122 Å². The van der Waals surface area contributed by atoms with E-state index in [1.165, 1.54) is 65.6 Å². The molecule has 6 fully saturated rings. The zero-order valence-corrected chi connectivity index (χ0v) is 72.4. The second-order valence-electron chi connectivity index (χ2n) is 39.0. The van der Waals surface area contributed by atoms with E-state index in [0.29, 0.717) is 139 Å². The van der Waals surface area contributed by atoms with Crippen LogP contribution in [0, 0.1) is 58.6 Å². The molecule has 3 spiro atoms. The lowest BCUT2D eigenvalue weighted by Crippen LogP contribution is -2.58. The molecule has 15 rings (SSSR count). The molecule has 9 atom stereocenters. The molecule has 0 bridgehead atoms. The molecule has 640 valence electrons. The number of ether oxygens (including phenoxy) is 1. The summed E-state index contributed by atoms with van der Waals surface area (Å²) in [6, 6.07) is 33.8. The third-order valence-electron chi connectivity index (χ3n) is 28.4. The highest BCUT2D eigenvalue weighted by atomic mass is 19.2. The van der Waals surface area contributed by atoms with Crippen molar-refractivity contribution in [1.29, 1.82) is 0 Å². The highest BCUT2D eigenvalue weighted by Gasteiger charge is 2.57. The largest absolute Gasteiger partial charge is 0.461 e. The number of nitrogens with one attached hydrogen (secondary N) is 1. The van der Waals surface area contributed by atoms with Gasteiger partial charge in [0.15, 0.2) is 5.78 Å². The number of rotatable bonds is 12. The van der Waals surface area contributed by atoms with E-state index in [1.54, 1.807) is 13.8 Å². The second-order valence-corrected chi connectivity index (χ2v) is 39.0. The number of amides is 5. The van der Waals surface area contributed by atoms with Crippen LogP contribution in [-0.2, 0) is 69.0 Å². The number of esters is 1. The molecule has 0 radical (unpaired) electrons. The van der Waals surface area contributed by atoms with Crippen molar-refractivity contribution in [2.75, 3.05) is 78.5 Å². The molecule has 16 nitrogen and oxygen atoms in total. The fraction of sp³-hybridized carbons (Fsp3) is 0.557. The number of likely N-dealkylation sites (tertiary alicyclic amines) is 6. The summed E-state index contributed by atoms with van der Waals surface area (Å²) in [5.74, 6) is -6.27. The molecule has 6 heterocycles. The number of ketones is 1. The Morgan fingerprint density at radius 1 is 0.437 bits per heavy atom. The second kappa shape index (κ2) is 34.3. The number of halogens is 6. The molecule has 6 aliphatic heterocycles. The molecule has 22 heteroatoms. The Bertz CT molecular complexity index is 4810. The van der Waals surface area contributed by atoms with E-state index < -0.39 is 52.7 Å². The smallest absolute Gasteiger partial charge is 0.308 e. The summed E-state index contributed by atoms with van der Waals surface area (Å²) in [4.78, 5) is 106. The lowest BCUT2D eigenvalue weighted by atomic mass is 9.70. The lowest BCUT2D eigenvalue weighted by Gasteiger charge is -2.48. The lowest BCUT2D eigenvalue weighted by molar-refractivity contribution is -0.158. The Kier molecular flexibility index (Phi) is 25.4. The normalized spacial score (nSPS) is 24.5. The molecule has 1 N–H and O–H groups in total. The number of Topliss-reactive ketones (excluding diaryl/α,β-unsaturated/α-hetero) is 1. The molecule has 5 amide bonds. The quantitative estimate of drug-likeness (QED) is 0.0705. The number of carbonyl (C=O) groups is 7. The van der Waals surface area contributed by atoms with Crippen molar-refractivity contribution in [3.8, 4) is 0 Å². The number of piperidine rings is 3. The van der Waals surface area contributed by atoms with Gasteiger partial charge in [0, 0.05) is 191 Å². The van der Waals surface area contributed by atoms with Gasteiger partial charge in [-0.15, -0.1) is 0 Å². The maximum Gasteiger partial charge on any atom is 0.308 e. The van der Waals surface area contributed by atoms with Crippen molar-refractivity contribution in [3.63, 3.8) is 0 Å². The highest BCUT2D eigenvalue weighted by molar-refractivity contribution is 5.94. The summed E-state index contributed by atoms with van der Waals surface area (Å²) in [7, 11) is 0. The summed E-state index contributed by atoms with van der Waals surface area (Å²) in [5.41, 5.74) is 7.75. The SMILES string of the molecule is CC(=O)N(C(C)C)[C@@H]1Cc2ccccc2C12CCN(C(=O)[C@@H]1CN(C(C)(C)C)C[C@H]1c1ccc(F)cc1F)CC2.CC(=O)N[C@@H]1Cc2cc(C(C)=O)ccc2C12CCN(C(=O)[C@@H]1CN(C(C)(C)C)C[C@H]1c1ccc(F)cc1F)CC2.CC(C)C(=O)O[C@@H]1Cc2ccccc2C12CCN(C(=O)[C@@H]1CN(C(C)(C)C)C[C@H]1c1ccc(F)cc1F)CC2. The molecule has 9 aliphatic rings. The van der Waals surface area contributed by atoms with Crippen LogP contribution in [0.15, 0.2) is 121 Å². The fourth-order valence-corrected chi connectivity index (χ4v) is 21.8. The molecule has 0 unspecified atom stereocenters. The van der Waals surface area contributed by atoms with Crippen molar-refractivity contribution in [3.05, 3.63) is 212 Å². The Labute approximate surface area is 699 Å². The third kappa shape index (κ3) is 17.6. The van der Waals surface area contributed by atoms with E-state index in [2.05, 4.69) is 133 Å². The summed E-state index contributed by atoms with van der Waals surface area (Å²) < 4.78 is 92.0. The van der Waals surface area contributed by atoms with Crippen LogP contribution in [0.25, 0.3) is 0 Å². The van der Waals surface area contributed by atoms with E-state index in [0.717, 1.165) is 48.6 Å². The minimum atomic E-state index is -0.628. The maximum absolute atomic E-state index is 15.0. The first-order valence-corrected chi connectivity index (χ1v) is 43.1. The van der Waals surface area contributed by atoms with Crippen LogP contribution in [0.2, 0.25) is 0 Å². The van der Waals surface area contributed by atoms with Gasteiger partial charge in [0.2, 0.25) is 29.5 Å². The predicted molar refractivity (Wildman–Crippen MR) is 448 cm³/mol. The molecule has 0 aromatic heterocycles. The predicted octanol–water partition coefficient (Wildman–Crippen LogP) is 15.6. The zero-order valence-electron chi connectivity index (χ0n) is 72.4. The molecule has 0 saturated carbocycles. The van der Waals surface area contributed by atoms with Gasteiger partial charge in [-0.25, -0.2) is 26.3 Å². The van der Waals surface area contributed by atoms with E-state index >= 15 is 0 Å². The van der Waals surface area contributed by atoms with Crippen molar-refractivity contribution < 1.29 is 64.6 Å². The molecule has 6 saturated heterocycles. The minimum absolute atomic E-state index is 0.00319. The van der Waals surface area contributed by atoms with Crippen LogP contribution >= 0.6 is 0 Å². The number of hydrogen-bond donors (Lipinski definition) is 1. The van der Waals surface area contributed by atoms with Crippen LogP contribution in [0.4, 0.5) is 26.3 Å². The first-order valence-electron chi connectivity index (χ1n) is 43.1. The van der Waals surface area contributed by atoms with E-state index in [9.17, 15) is 59.9 Å². The van der Waals surface area contributed by atoms with Gasteiger partial charge in [0.25, 0.3) is 0 Å². The number of benzene rings is 6. The first-order chi connectivity index (χ1) is 56.0. The average molecular weight is 1640 g/mol. The molecule has 3 aliphatic carbocycles. The Morgan fingerprint density at radius 2 is 0.807 bits per heavy atom. The first kappa shape index (κ1) is 88.1. The monoisotopic (exact) mass is 1640 g/mol. The Balaban J connectivity index is 0.000000155. The molecular weight excluding hydrogens is 1520 g/mol. The Morgan fingerprint density at radius 3 is 1.17 bits per heavy atom. The van der Waals surface area contributed by atoms with Crippen LogP contribution in [0.1, 0.15) is 227 Å². The van der Waals surface area contributed by atoms with E-state index in [1.807, 2.05) is 63.8 Å². The molecule has 6 aromatic rings. The standard InChI is InChI=1S/C33H43F2N3O2.C32H39F2N3O3.C32H40F2N2O3/c1-21(2)38(22(3)39)30-17-23-9-7-8-10-28(23)33(30)13-15-36(16-14-33)31(40)27-20-37(32(4,5)6)19-26(27)25-12-11-24(34)18-29(25)35;1-19(38)21-6-9-27-22(14-21)15-29(35-20(2)39)32(27)10-12-36(13-11-32)30(40)26-18-37(31(3,4)5)17-25(26)24-8-7-23(33)16-28(24)34;1-20(2)30(38)39-28-16-21-8-6-7-9-26(21)32(28)12-14-35(15-13-32)29(37)25-19-36(31(3,4)5)18-24(25)23-11-10-22(33)17-27(23)34/h7-12,18,21,26-27,30H,13-17,19-20H2,1-6H3;6-9,14,16,25-26,29H,10-13,15,17-18H2,1-5H3,(H,35,39);6-11,17,20,24-25,28H,12-16,18-19H2,1-5H3/t26-,27+,30+;25-,26+,29+;24-,25+,28+/m000/s1. The minimum Gasteiger partial charge on any atom is -0.461 e. The van der Waals surface area contributed by atoms with Gasteiger partial charge in [-0.3, -0.25) is 48.3 Å². The van der Waals surface area contributed by atoms with Gasteiger partial charge in [-0.05, 0) is 209 Å². The van der Waals surface area contributed by atoms with Gasteiger partial charge in [-0.2, -0.15) is 0 Å². The van der Waals surface area contributed by atoms with Crippen LogP contribution in [0.3, 0.4) is 0 Å². The van der Waals surface area contributed by atoms with Crippen molar-refractivity contribution in [1.82, 2.24) is 39.6 Å². The summed E-state index contributed by atoms with van der Waals surface area (Å²) >= 11 is 0. The highest BCUT2D eigenvalue weighted by Crippen LogP contribution is 2.53. The van der Waals surface area contributed by atoms with Crippen LogP contribution < -0.4 is 5.32 Å². The van der Waals surface area contributed by atoms with Gasteiger partial charge in [-0.1, -0.05) is 92.7 Å². The molecule has 6 aromatic carbocycles. The summed E-state index contributed by atoms with van der Waals surface area (Å²) in [6.45, 7) is 38.0. The third-order valence-corrected chi connectivity index (χ3v) is 28.4. The fourth-order valence-electron chi connectivity index (χ4n) is 21.8. The van der Waals surface area contributed by atoms with Gasteiger partial charge < -0.3 is 29.7 Å². The molecular formula is C97H122F6N8O8. The topological polar surface area (TPSA) is 163 Å². The van der Waals surface area contributed by atoms with Crippen molar-refractivity contribution >= 4 is 41.3 Å². The van der Waals surface area contributed by atoms with Crippen LogP contribution in [-0.4, -0.2) is 195 Å². The van der Waals surface area contributed by atoms with Crippen molar-refractivity contribution in [2.45, 2.75) is 243 Å². The van der Waals surface area contributed by atoms with Crippen LogP contribution in [0.5, 0.6) is 0 Å². The van der Waals surface area contributed by atoms with Crippen molar-refractivity contribution in [2.24, 2.45) is 23.7 Å². The summed E-state index contributed by atoms with van der Waals surface area (Å²) in [6.07, 6.45) is 6.26. The van der Waals surface area contributed by atoms with Gasteiger partial charge in [0.1, 0.15) is 41.0 Å². The Hall–Kier alpha value is -8.73. The van der Waals surface area contributed by atoms with Gasteiger partial charge >= 0.3 is 5.97 Å². The average Bonchev–Trinajstić information content (AvgIpc) is 1.59. The number of fused-ring (bicyclic) bond motifs is 6. The van der Waals surface area contributed by atoms with Gasteiger partial charge in [0.05, 0.1) is 23.7 Å². The number of nitrogens with zero attached hydrogens (tertiary/aromatic N) is 7. The number of hydrogen-bond acceptors (Lipinski definition) is 11.